The zero-order chi connectivity index (χ0) is 23.6. The van der Waals surface area contributed by atoms with E-state index >= 15 is 0 Å². The van der Waals surface area contributed by atoms with Crippen LogP contribution >= 0.6 is 12.6 Å². The van der Waals surface area contributed by atoms with Crippen LogP contribution in [0.1, 0.15) is 0 Å². The molecule has 0 atom stereocenters. The van der Waals surface area contributed by atoms with Crippen molar-refractivity contribution in [3.05, 3.63) is 84.9 Å². The van der Waals surface area contributed by atoms with Crippen LogP contribution in [0.25, 0.3) is 17.1 Å². The van der Waals surface area contributed by atoms with Gasteiger partial charge in [-0.2, -0.15) is 0 Å². The number of thiol groups is 1. The minimum Gasteiger partial charge on any atom is -0.406 e. The molecule has 1 amide bonds. The summed E-state index contributed by atoms with van der Waals surface area (Å²) in [5, 5.41) is 3.74. The Balaban J connectivity index is 1.55. The average molecular weight is 474 g/mol. The molecule has 6 nitrogen and oxygen atoms in total. The predicted octanol–water partition coefficient (Wildman–Crippen LogP) is 6.16. The van der Waals surface area contributed by atoms with E-state index in [4.69, 9.17) is 0 Å². The van der Waals surface area contributed by atoms with Crippen LogP contribution in [0.15, 0.2) is 79.1 Å². The van der Waals surface area contributed by atoms with Crippen molar-refractivity contribution in [3.8, 4) is 22.8 Å². The van der Waals surface area contributed by atoms with Gasteiger partial charge in [0, 0.05) is 11.3 Å². The SMILES string of the molecule is O=C(S)N(c1ccc(-c2ncn(-c3ccc(OC(F)(F)F)cc3)n2)cc1)c1cccc(F)c1. The summed E-state index contributed by atoms with van der Waals surface area (Å²) < 4.78 is 55.7. The highest BCUT2D eigenvalue weighted by atomic mass is 32.1. The number of nitrogens with zero attached hydrogens (tertiary/aromatic N) is 4. The maximum Gasteiger partial charge on any atom is 0.573 e. The molecule has 0 saturated carbocycles. The summed E-state index contributed by atoms with van der Waals surface area (Å²) in [7, 11) is 0. The molecule has 0 aliphatic carbocycles. The second-order valence-corrected chi connectivity index (χ2v) is 7.08. The molecule has 4 aromatic rings. The third-order valence-electron chi connectivity index (χ3n) is 4.47. The number of rotatable bonds is 5. The summed E-state index contributed by atoms with van der Waals surface area (Å²) >= 11 is 3.88. The van der Waals surface area contributed by atoms with Crippen molar-refractivity contribution >= 4 is 29.2 Å². The fourth-order valence-corrected chi connectivity index (χ4v) is 3.30. The van der Waals surface area contributed by atoms with Gasteiger partial charge in [0.05, 0.1) is 11.4 Å². The number of amides is 1. The lowest BCUT2D eigenvalue weighted by molar-refractivity contribution is -0.274. The fraction of sp³-hybridized carbons (Fsp3) is 0.0455. The summed E-state index contributed by atoms with van der Waals surface area (Å²) in [6, 6.07) is 17.4. The first-order valence-corrected chi connectivity index (χ1v) is 9.81. The number of anilines is 2. The third-order valence-corrected chi connectivity index (χ3v) is 4.67. The Kier molecular flexibility index (Phi) is 6.05. The van der Waals surface area contributed by atoms with Gasteiger partial charge in [-0.05, 0) is 66.7 Å². The molecule has 4 rings (SSSR count). The Bertz CT molecular complexity index is 1270. The lowest BCUT2D eigenvalue weighted by atomic mass is 10.1. The Morgan fingerprint density at radius 1 is 0.970 bits per heavy atom. The van der Waals surface area contributed by atoms with E-state index in [9.17, 15) is 22.4 Å². The van der Waals surface area contributed by atoms with Gasteiger partial charge in [0.1, 0.15) is 17.9 Å². The molecular weight excluding hydrogens is 460 g/mol. The van der Waals surface area contributed by atoms with Crippen LogP contribution in [-0.4, -0.2) is 26.4 Å². The van der Waals surface area contributed by atoms with E-state index in [2.05, 4.69) is 27.4 Å². The fourth-order valence-electron chi connectivity index (χ4n) is 3.07. The molecule has 3 aromatic carbocycles. The lowest BCUT2D eigenvalue weighted by Crippen LogP contribution is -2.19. The Morgan fingerprint density at radius 3 is 2.27 bits per heavy atom. The van der Waals surface area contributed by atoms with E-state index in [-0.39, 0.29) is 5.75 Å². The maximum absolute atomic E-state index is 13.6. The molecule has 0 spiro atoms. The van der Waals surface area contributed by atoms with Crippen molar-refractivity contribution in [3.63, 3.8) is 0 Å². The molecule has 0 bridgehead atoms. The van der Waals surface area contributed by atoms with Gasteiger partial charge < -0.3 is 4.74 Å². The van der Waals surface area contributed by atoms with Crippen molar-refractivity contribution in [1.29, 1.82) is 0 Å². The molecule has 0 fully saturated rings. The molecule has 0 unspecified atom stereocenters. The first-order valence-electron chi connectivity index (χ1n) is 9.36. The van der Waals surface area contributed by atoms with Crippen LogP contribution in [0.2, 0.25) is 0 Å². The number of alkyl halides is 3. The average Bonchev–Trinajstić information content (AvgIpc) is 3.24. The standard InChI is InChI=1S/C22H14F4N4O2S/c23-15-2-1-3-18(12-15)30(21(31)33)17-6-4-14(5-7-17)20-27-13-29(28-20)16-8-10-19(11-9-16)32-22(24,25)26/h1-13H,(H,31,33). The van der Waals surface area contributed by atoms with Crippen LogP contribution in [-0.2, 0) is 0 Å². The number of carbonyl (C=O) groups excluding carboxylic acids is 1. The highest BCUT2D eigenvalue weighted by molar-refractivity contribution is 7.97. The second-order valence-electron chi connectivity index (χ2n) is 6.70. The molecule has 0 radical (unpaired) electrons. The van der Waals surface area contributed by atoms with E-state index in [0.29, 0.717) is 28.5 Å². The summed E-state index contributed by atoms with van der Waals surface area (Å²) in [5.74, 6) is -0.480. The molecule has 0 N–H and O–H groups in total. The Morgan fingerprint density at radius 2 is 1.67 bits per heavy atom. The Labute approximate surface area is 190 Å². The van der Waals surface area contributed by atoms with E-state index in [0.717, 1.165) is 0 Å². The molecule has 0 saturated heterocycles. The number of aromatic nitrogens is 3. The summed E-state index contributed by atoms with van der Waals surface area (Å²) in [6.45, 7) is 0. The van der Waals surface area contributed by atoms with Crippen LogP contribution in [0.3, 0.4) is 0 Å². The molecule has 0 aliphatic rings. The first-order chi connectivity index (χ1) is 15.7. The van der Waals surface area contributed by atoms with Crippen molar-refractivity contribution < 1.29 is 27.1 Å². The molecule has 0 aliphatic heterocycles. The molecule has 168 valence electrons. The van der Waals surface area contributed by atoms with Crippen molar-refractivity contribution in [1.82, 2.24) is 14.8 Å². The van der Waals surface area contributed by atoms with Gasteiger partial charge in [0.15, 0.2) is 5.82 Å². The molecule has 1 aromatic heterocycles. The van der Waals surface area contributed by atoms with Gasteiger partial charge in [-0.25, -0.2) is 14.1 Å². The van der Waals surface area contributed by atoms with Crippen LogP contribution in [0.5, 0.6) is 5.75 Å². The molecular formula is C22H14F4N4O2S. The zero-order valence-corrected chi connectivity index (χ0v) is 17.5. The maximum atomic E-state index is 13.6. The lowest BCUT2D eigenvalue weighted by Gasteiger charge is -2.20. The van der Waals surface area contributed by atoms with E-state index in [1.54, 1.807) is 30.3 Å². The molecule has 33 heavy (non-hydrogen) atoms. The highest BCUT2D eigenvalue weighted by Crippen LogP contribution is 2.29. The van der Waals surface area contributed by atoms with Crippen LogP contribution in [0.4, 0.5) is 33.7 Å². The minimum absolute atomic E-state index is 0.322. The van der Waals surface area contributed by atoms with Gasteiger partial charge in [0.25, 0.3) is 5.24 Å². The predicted molar refractivity (Wildman–Crippen MR) is 116 cm³/mol. The van der Waals surface area contributed by atoms with Gasteiger partial charge in [-0.3, -0.25) is 9.69 Å². The van der Waals surface area contributed by atoms with Gasteiger partial charge >= 0.3 is 6.36 Å². The van der Waals surface area contributed by atoms with Crippen LogP contribution < -0.4 is 9.64 Å². The zero-order valence-electron chi connectivity index (χ0n) is 16.6. The summed E-state index contributed by atoms with van der Waals surface area (Å²) in [4.78, 5) is 17.5. The number of carbonyl (C=O) groups is 1. The summed E-state index contributed by atoms with van der Waals surface area (Å²) in [5.41, 5.74) is 1.89. The monoisotopic (exact) mass is 474 g/mol. The van der Waals surface area contributed by atoms with E-state index in [1.165, 1.54) is 58.4 Å². The number of hydrogen-bond acceptors (Lipinski definition) is 4. The van der Waals surface area contributed by atoms with Gasteiger partial charge in [-0.1, -0.05) is 18.7 Å². The topological polar surface area (TPSA) is 60.2 Å². The quantitative estimate of drug-likeness (QED) is 0.278. The second kappa shape index (κ2) is 8.94. The van der Waals surface area contributed by atoms with Gasteiger partial charge in [0.2, 0.25) is 0 Å². The van der Waals surface area contributed by atoms with Crippen molar-refractivity contribution in [2.75, 3.05) is 4.90 Å². The third kappa shape index (κ3) is 5.32. The van der Waals surface area contributed by atoms with Crippen molar-refractivity contribution in [2.45, 2.75) is 6.36 Å². The van der Waals surface area contributed by atoms with E-state index < -0.39 is 17.4 Å². The normalized spacial score (nSPS) is 11.3. The first kappa shape index (κ1) is 22.3. The van der Waals surface area contributed by atoms with Gasteiger partial charge in [-0.15, -0.1) is 18.3 Å². The Hall–Kier alpha value is -3.86. The number of benzene rings is 3. The minimum atomic E-state index is -4.77. The summed E-state index contributed by atoms with van der Waals surface area (Å²) in [6.07, 6.45) is -3.35. The number of ether oxygens (including phenoxy) is 1. The van der Waals surface area contributed by atoms with Crippen molar-refractivity contribution in [2.24, 2.45) is 0 Å². The smallest absolute Gasteiger partial charge is 0.406 e. The van der Waals surface area contributed by atoms with Crippen LogP contribution in [0, 0.1) is 5.82 Å². The van der Waals surface area contributed by atoms with E-state index in [1.807, 2.05) is 0 Å². The highest BCUT2D eigenvalue weighted by Gasteiger charge is 2.31. The number of halogens is 4. The molecule has 11 heteroatoms. The largest absolute Gasteiger partial charge is 0.573 e. The number of hydrogen-bond donors (Lipinski definition) is 1. The molecule has 1 heterocycles.